The van der Waals surface area contributed by atoms with Gasteiger partial charge in [0.2, 0.25) is 0 Å². The van der Waals surface area contributed by atoms with E-state index in [9.17, 15) is 13.2 Å². The van der Waals surface area contributed by atoms with Crippen LogP contribution in [0.4, 0.5) is 4.39 Å². The molecule has 0 saturated carbocycles. The zero-order chi connectivity index (χ0) is 28.6. The lowest BCUT2D eigenvalue weighted by Gasteiger charge is -2.24. The Labute approximate surface area is 238 Å². The van der Waals surface area contributed by atoms with Gasteiger partial charge in [0.15, 0.2) is 15.5 Å². The van der Waals surface area contributed by atoms with Crippen molar-refractivity contribution in [3.8, 4) is 11.3 Å². The Morgan fingerprint density at radius 3 is 2.15 bits per heavy atom. The molecule has 6 rings (SSSR count). The number of aromatic nitrogens is 3. The highest BCUT2D eigenvalue weighted by atomic mass is 32.2. The summed E-state index contributed by atoms with van der Waals surface area (Å²) in [6.07, 6.45) is 0.404. The highest BCUT2D eigenvalue weighted by molar-refractivity contribution is 7.91. The molecule has 1 aliphatic heterocycles. The Morgan fingerprint density at radius 1 is 0.951 bits per heavy atom. The Hall–Kier alpha value is -4.37. The SMILES string of the molecule is Cc1nn(C2CCS(=O)(=O)C2)c2nc(-c3ccccc3F)cc(C(=O)N(Cc3ccccc3)Cc3ccccc3)c12. The number of fused-ring (bicyclic) bond motifs is 1. The first-order valence-electron chi connectivity index (χ1n) is 13.5. The van der Waals surface area contributed by atoms with Crippen molar-refractivity contribution in [2.45, 2.75) is 32.5 Å². The minimum atomic E-state index is -3.20. The van der Waals surface area contributed by atoms with Gasteiger partial charge in [-0.1, -0.05) is 72.8 Å². The fraction of sp³-hybridized carbons (Fsp3) is 0.219. The molecule has 2 aromatic heterocycles. The molecule has 208 valence electrons. The first-order valence-corrected chi connectivity index (χ1v) is 15.3. The van der Waals surface area contributed by atoms with Crippen LogP contribution in [-0.4, -0.2) is 45.5 Å². The Morgan fingerprint density at radius 2 is 1.56 bits per heavy atom. The first-order chi connectivity index (χ1) is 19.8. The summed E-state index contributed by atoms with van der Waals surface area (Å²) >= 11 is 0. The predicted molar refractivity (Wildman–Crippen MR) is 156 cm³/mol. The standard InChI is InChI=1S/C32H29FN4O3S/c1-22-30-27(32(38)36(19-23-10-4-2-5-11-23)20-24-12-6-3-7-13-24)18-29(26-14-8-9-15-28(26)33)34-31(30)37(35-22)25-16-17-41(39,40)21-25/h2-15,18,25H,16-17,19-21H2,1H3. The molecule has 5 aromatic rings. The first kappa shape index (κ1) is 26.8. The molecule has 0 bridgehead atoms. The van der Waals surface area contributed by atoms with Crippen LogP contribution in [0.1, 0.15) is 39.6 Å². The van der Waals surface area contributed by atoms with Gasteiger partial charge in [0.1, 0.15) is 5.82 Å². The van der Waals surface area contributed by atoms with Crippen LogP contribution in [0.2, 0.25) is 0 Å². The number of aryl methyl sites for hydroxylation is 1. The largest absolute Gasteiger partial charge is 0.330 e. The molecule has 0 N–H and O–H groups in total. The van der Waals surface area contributed by atoms with Crippen LogP contribution in [0.5, 0.6) is 0 Å². The molecule has 1 aliphatic rings. The lowest BCUT2D eigenvalue weighted by molar-refractivity contribution is 0.0732. The van der Waals surface area contributed by atoms with Crippen LogP contribution in [0.15, 0.2) is 91.0 Å². The van der Waals surface area contributed by atoms with Crippen LogP contribution < -0.4 is 0 Å². The van der Waals surface area contributed by atoms with Crippen molar-refractivity contribution in [3.05, 3.63) is 119 Å². The lowest BCUT2D eigenvalue weighted by atomic mass is 10.0. The summed E-state index contributed by atoms with van der Waals surface area (Å²) in [5.74, 6) is -0.691. The highest BCUT2D eigenvalue weighted by Crippen LogP contribution is 2.33. The van der Waals surface area contributed by atoms with E-state index in [4.69, 9.17) is 10.1 Å². The zero-order valence-corrected chi connectivity index (χ0v) is 23.4. The summed E-state index contributed by atoms with van der Waals surface area (Å²) in [5, 5.41) is 5.24. The van der Waals surface area contributed by atoms with E-state index in [1.54, 1.807) is 40.8 Å². The molecule has 0 radical (unpaired) electrons. The fourth-order valence-electron chi connectivity index (χ4n) is 5.49. The van der Waals surface area contributed by atoms with E-state index in [0.29, 0.717) is 47.5 Å². The van der Waals surface area contributed by atoms with Crippen molar-refractivity contribution >= 4 is 26.8 Å². The number of hydrogen-bond donors (Lipinski definition) is 0. The third kappa shape index (κ3) is 5.50. The highest BCUT2D eigenvalue weighted by Gasteiger charge is 2.33. The number of rotatable bonds is 7. The molecule has 3 aromatic carbocycles. The van der Waals surface area contributed by atoms with Gasteiger partial charge in [-0.2, -0.15) is 5.10 Å². The quantitative estimate of drug-likeness (QED) is 0.250. The summed E-state index contributed by atoms with van der Waals surface area (Å²) < 4.78 is 41.3. The van der Waals surface area contributed by atoms with E-state index < -0.39 is 21.7 Å². The molecule has 7 nitrogen and oxygen atoms in total. The molecule has 0 spiro atoms. The summed E-state index contributed by atoms with van der Waals surface area (Å²) in [7, 11) is -3.20. The molecule has 1 atom stereocenters. The number of carbonyl (C=O) groups is 1. The molecule has 1 amide bonds. The molecule has 3 heterocycles. The van der Waals surface area contributed by atoms with Gasteiger partial charge >= 0.3 is 0 Å². The van der Waals surface area contributed by atoms with Crippen molar-refractivity contribution in [2.75, 3.05) is 11.5 Å². The second-order valence-corrected chi connectivity index (χ2v) is 12.7. The molecular weight excluding hydrogens is 539 g/mol. The van der Waals surface area contributed by atoms with Crippen LogP contribution in [0.3, 0.4) is 0 Å². The van der Waals surface area contributed by atoms with Gasteiger partial charge in [0.25, 0.3) is 5.91 Å². The number of pyridine rings is 1. The summed E-state index contributed by atoms with van der Waals surface area (Å²) in [5.41, 5.74) is 3.79. The van der Waals surface area contributed by atoms with Crippen LogP contribution in [0, 0.1) is 12.7 Å². The van der Waals surface area contributed by atoms with Gasteiger partial charge in [-0.25, -0.2) is 22.5 Å². The normalized spacial score (nSPS) is 16.2. The molecule has 1 fully saturated rings. The summed E-state index contributed by atoms with van der Waals surface area (Å²) in [6, 6.07) is 27.0. The zero-order valence-electron chi connectivity index (χ0n) is 22.6. The van der Waals surface area contributed by atoms with Crippen LogP contribution in [-0.2, 0) is 22.9 Å². The molecule has 41 heavy (non-hydrogen) atoms. The van der Waals surface area contributed by atoms with Gasteiger partial charge < -0.3 is 4.90 Å². The van der Waals surface area contributed by atoms with E-state index in [2.05, 4.69) is 0 Å². The number of benzene rings is 3. The van der Waals surface area contributed by atoms with E-state index in [1.807, 2.05) is 60.7 Å². The van der Waals surface area contributed by atoms with E-state index in [0.717, 1.165) is 11.1 Å². The molecule has 9 heteroatoms. The molecule has 0 aliphatic carbocycles. The van der Waals surface area contributed by atoms with Gasteiger partial charge in [-0.15, -0.1) is 0 Å². The third-order valence-corrected chi connectivity index (χ3v) is 9.24. The maximum absolute atomic E-state index is 15.0. The summed E-state index contributed by atoms with van der Waals surface area (Å²) in [6.45, 7) is 2.52. The van der Waals surface area contributed by atoms with Gasteiger partial charge in [0, 0.05) is 18.7 Å². The van der Waals surface area contributed by atoms with Gasteiger partial charge in [-0.3, -0.25) is 4.79 Å². The second-order valence-electron chi connectivity index (χ2n) is 10.5. The Balaban J connectivity index is 1.53. The van der Waals surface area contributed by atoms with Crippen molar-refractivity contribution in [3.63, 3.8) is 0 Å². The maximum Gasteiger partial charge on any atom is 0.255 e. The van der Waals surface area contributed by atoms with Crippen molar-refractivity contribution in [2.24, 2.45) is 0 Å². The Kier molecular flexibility index (Phi) is 7.13. The number of sulfone groups is 1. The van der Waals surface area contributed by atoms with Gasteiger partial charge in [0.05, 0.1) is 39.9 Å². The van der Waals surface area contributed by atoms with Crippen molar-refractivity contribution in [1.82, 2.24) is 19.7 Å². The molecular formula is C32H29FN4O3S. The molecule has 1 unspecified atom stereocenters. The number of carbonyl (C=O) groups excluding carboxylic acids is 1. The predicted octanol–water partition coefficient (Wildman–Crippen LogP) is 5.75. The lowest BCUT2D eigenvalue weighted by Crippen LogP contribution is -2.30. The maximum atomic E-state index is 15.0. The average molecular weight is 569 g/mol. The number of nitrogens with zero attached hydrogens (tertiary/aromatic N) is 4. The third-order valence-electron chi connectivity index (χ3n) is 7.49. The number of halogens is 1. The van der Waals surface area contributed by atoms with E-state index in [1.165, 1.54) is 6.07 Å². The van der Waals surface area contributed by atoms with E-state index >= 15 is 4.39 Å². The van der Waals surface area contributed by atoms with Gasteiger partial charge in [-0.05, 0) is 42.7 Å². The van der Waals surface area contributed by atoms with Crippen LogP contribution in [0.25, 0.3) is 22.3 Å². The smallest absolute Gasteiger partial charge is 0.255 e. The number of hydrogen-bond acceptors (Lipinski definition) is 5. The van der Waals surface area contributed by atoms with Crippen molar-refractivity contribution in [1.29, 1.82) is 0 Å². The minimum absolute atomic E-state index is 0.0494. The fourth-order valence-corrected chi connectivity index (χ4v) is 7.18. The summed E-state index contributed by atoms with van der Waals surface area (Å²) in [4.78, 5) is 21.0. The van der Waals surface area contributed by atoms with E-state index in [-0.39, 0.29) is 23.0 Å². The minimum Gasteiger partial charge on any atom is -0.330 e. The Bertz CT molecular complexity index is 1800. The monoisotopic (exact) mass is 568 g/mol. The topological polar surface area (TPSA) is 85.2 Å². The van der Waals surface area contributed by atoms with Crippen molar-refractivity contribution < 1.29 is 17.6 Å². The second kappa shape index (κ2) is 10.9. The molecule has 1 saturated heterocycles. The van der Waals surface area contributed by atoms with Crippen LogP contribution >= 0.6 is 0 Å². The average Bonchev–Trinajstić information content (AvgIpc) is 3.51. The number of amides is 1.